The van der Waals surface area contributed by atoms with E-state index in [9.17, 15) is 4.79 Å². The SMILES string of the molecule is CCCCCCCCCCCCCCCCC(S)(S)C(=O)OC. The Bertz CT molecular complexity index is 281. The highest BCUT2D eigenvalue weighted by atomic mass is 32.2. The summed E-state index contributed by atoms with van der Waals surface area (Å²) >= 11 is 8.54. The van der Waals surface area contributed by atoms with E-state index in [-0.39, 0.29) is 5.97 Å². The summed E-state index contributed by atoms with van der Waals surface area (Å²) in [5.41, 5.74) is 0. The lowest BCUT2D eigenvalue weighted by Crippen LogP contribution is -2.27. The van der Waals surface area contributed by atoms with E-state index >= 15 is 0 Å². The average molecular weight is 363 g/mol. The molecule has 0 heterocycles. The number of unbranched alkanes of at least 4 members (excludes halogenated alkanes) is 13. The van der Waals surface area contributed by atoms with Gasteiger partial charge in [-0.05, 0) is 6.42 Å². The Morgan fingerprint density at radius 2 is 1.09 bits per heavy atom. The molecule has 0 saturated carbocycles. The molecule has 138 valence electrons. The minimum atomic E-state index is -0.925. The van der Waals surface area contributed by atoms with Crippen LogP contribution in [-0.2, 0) is 9.53 Å². The summed E-state index contributed by atoms with van der Waals surface area (Å²) in [4.78, 5) is 11.4. The van der Waals surface area contributed by atoms with Crippen molar-refractivity contribution in [1.82, 2.24) is 0 Å². The molecule has 4 heteroatoms. The van der Waals surface area contributed by atoms with Crippen LogP contribution in [0.5, 0.6) is 0 Å². The van der Waals surface area contributed by atoms with E-state index in [1.54, 1.807) is 0 Å². The van der Waals surface area contributed by atoms with Crippen molar-refractivity contribution >= 4 is 31.2 Å². The first-order chi connectivity index (χ1) is 11.0. The molecule has 0 fully saturated rings. The van der Waals surface area contributed by atoms with E-state index < -0.39 is 4.08 Å². The molecule has 0 spiro atoms. The van der Waals surface area contributed by atoms with Crippen molar-refractivity contribution < 1.29 is 9.53 Å². The predicted octanol–water partition coefficient (Wildman–Crippen LogP) is 6.59. The second-order valence-corrected chi connectivity index (χ2v) is 8.53. The van der Waals surface area contributed by atoms with E-state index in [0.29, 0.717) is 6.42 Å². The van der Waals surface area contributed by atoms with Gasteiger partial charge in [0.1, 0.15) is 0 Å². The molecule has 0 aromatic rings. The van der Waals surface area contributed by atoms with Gasteiger partial charge in [-0.2, -0.15) is 25.3 Å². The summed E-state index contributed by atoms with van der Waals surface area (Å²) in [6.07, 6.45) is 19.3. The summed E-state index contributed by atoms with van der Waals surface area (Å²) in [5.74, 6) is -0.348. The van der Waals surface area contributed by atoms with E-state index in [1.807, 2.05) is 0 Å². The Labute approximate surface area is 155 Å². The van der Waals surface area contributed by atoms with Crippen LogP contribution in [0.4, 0.5) is 0 Å². The minimum Gasteiger partial charge on any atom is -0.467 e. The van der Waals surface area contributed by atoms with Crippen molar-refractivity contribution in [3.63, 3.8) is 0 Å². The van der Waals surface area contributed by atoms with Crippen LogP contribution in [0.25, 0.3) is 0 Å². The second-order valence-electron chi connectivity index (χ2n) is 6.65. The number of rotatable bonds is 16. The molecular weight excluding hydrogens is 324 g/mol. The van der Waals surface area contributed by atoms with Gasteiger partial charge in [-0.1, -0.05) is 96.8 Å². The Morgan fingerprint density at radius 1 is 0.739 bits per heavy atom. The first-order valence-electron chi connectivity index (χ1n) is 9.57. The maximum Gasteiger partial charge on any atom is 0.331 e. The monoisotopic (exact) mass is 362 g/mol. The normalized spacial score (nSPS) is 11.7. The number of thiol groups is 2. The molecule has 0 aliphatic heterocycles. The molecule has 0 saturated heterocycles. The molecule has 0 radical (unpaired) electrons. The number of hydrogen-bond donors (Lipinski definition) is 2. The highest BCUT2D eigenvalue weighted by Gasteiger charge is 2.30. The molecule has 0 rings (SSSR count). The second kappa shape index (κ2) is 15.7. The molecule has 0 atom stereocenters. The van der Waals surface area contributed by atoms with E-state index in [1.165, 1.54) is 84.2 Å². The Hall–Kier alpha value is 0.170. The summed E-state index contributed by atoms with van der Waals surface area (Å²) < 4.78 is 3.77. The van der Waals surface area contributed by atoms with Gasteiger partial charge in [-0.3, -0.25) is 0 Å². The van der Waals surface area contributed by atoms with Crippen molar-refractivity contribution in [2.24, 2.45) is 0 Å². The van der Waals surface area contributed by atoms with Crippen molar-refractivity contribution in [1.29, 1.82) is 0 Å². The molecule has 0 aromatic carbocycles. The summed E-state index contributed by atoms with van der Waals surface area (Å²) in [6.45, 7) is 2.27. The quantitative estimate of drug-likeness (QED) is 0.140. The largest absolute Gasteiger partial charge is 0.467 e. The Morgan fingerprint density at radius 3 is 1.43 bits per heavy atom. The zero-order valence-electron chi connectivity index (χ0n) is 15.3. The van der Waals surface area contributed by atoms with Gasteiger partial charge in [-0.25, -0.2) is 4.79 Å². The smallest absolute Gasteiger partial charge is 0.331 e. The van der Waals surface area contributed by atoms with E-state index in [2.05, 4.69) is 32.2 Å². The Kier molecular flexibility index (Phi) is 15.8. The van der Waals surface area contributed by atoms with Gasteiger partial charge in [0.25, 0.3) is 0 Å². The van der Waals surface area contributed by atoms with E-state index in [0.717, 1.165) is 12.8 Å². The average Bonchev–Trinajstić information content (AvgIpc) is 2.54. The predicted molar refractivity (Wildman–Crippen MR) is 108 cm³/mol. The lowest BCUT2D eigenvalue weighted by atomic mass is 10.0. The van der Waals surface area contributed by atoms with Gasteiger partial charge < -0.3 is 4.74 Å². The van der Waals surface area contributed by atoms with Crippen LogP contribution < -0.4 is 0 Å². The molecule has 0 aliphatic carbocycles. The number of ether oxygens (including phenoxy) is 1. The third-order valence-corrected chi connectivity index (χ3v) is 5.20. The number of carbonyl (C=O) groups is 1. The van der Waals surface area contributed by atoms with Crippen LogP contribution >= 0.6 is 25.3 Å². The fraction of sp³-hybridized carbons (Fsp3) is 0.947. The number of hydrogen-bond acceptors (Lipinski definition) is 4. The van der Waals surface area contributed by atoms with Crippen LogP contribution in [-0.4, -0.2) is 17.2 Å². The van der Waals surface area contributed by atoms with Gasteiger partial charge in [0.15, 0.2) is 4.08 Å². The highest BCUT2D eigenvalue weighted by molar-refractivity contribution is 8.01. The zero-order valence-corrected chi connectivity index (χ0v) is 17.1. The van der Waals surface area contributed by atoms with Gasteiger partial charge in [0.05, 0.1) is 7.11 Å². The fourth-order valence-corrected chi connectivity index (χ4v) is 3.33. The highest BCUT2D eigenvalue weighted by Crippen LogP contribution is 2.28. The third-order valence-electron chi connectivity index (χ3n) is 4.39. The molecule has 0 aliphatic rings. The van der Waals surface area contributed by atoms with Crippen molar-refractivity contribution in [3.8, 4) is 0 Å². The number of methoxy groups -OCH3 is 1. The molecule has 0 bridgehead atoms. The van der Waals surface area contributed by atoms with Gasteiger partial charge >= 0.3 is 5.97 Å². The van der Waals surface area contributed by atoms with Crippen molar-refractivity contribution in [3.05, 3.63) is 0 Å². The summed E-state index contributed by atoms with van der Waals surface area (Å²) in [5, 5.41) is 0. The number of esters is 1. The summed E-state index contributed by atoms with van der Waals surface area (Å²) in [7, 11) is 1.38. The lowest BCUT2D eigenvalue weighted by molar-refractivity contribution is -0.141. The topological polar surface area (TPSA) is 26.3 Å². The standard InChI is InChI=1S/C19H38O2S2/c1-3-4-5-6-7-8-9-10-11-12-13-14-15-16-17-19(22,23)18(20)21-2/h22-23H,3-17H2,1-2H3. The molecule has 0 aromatic heterocycles. The molecule has 2 nitrogen and oxygen atoms in total. The van der Waals surface area contributed by atoms with Gasteiger partial charge in [-0.15, -0.1) is 0 Å². The van der Waals surface area contributed by atoms with Crippen molar-refractivity contribution in [2.75, 3.05) is 7.11 Å². The van der Waals surface area contributed by atoms with Gasteiger partial charge in [0.2, 0.25) is 0 Å². The maximum absolute atomic E-state index is 11.4. The molecule has 0 unspecified atom stereocenters. The van der Waals surface area contributed by atoms with Crippen LogP contribution in [0.3, 0.4) is 0 Å². The number of carbonyl (C=O) groups excluding carboxylic acids is 1. The van der Waals surface area contributed by atoms with Crippen molar-refractivity contribution in [2.45, 2.75) is 107 Å². The molecular formula is C19H38O2S2. The molecule has 0 N–H and O–H groups in total. The Balaban J connectivity index is 3.24. The molecule has 0 amide bonds. The first kappa shape index (κ1) is 23.2. The van der Waals surface area contributed by atoms with Crippen LogP contribution in [0, 0.1) is 0 Å². The maximum atomic E-state index is 11.4. The lowest BCUT2D eigenvalue weighted by Gasteiger charge is -2.18. The minimum absolute atomic E-state index is 0.348. The molecule has 23 heavy (non-hydrogen) atoms. The third kappa shape index (κ3) is 14.2. The van der Waals surface area contributed by atoms with Gasteiger partial charge in [0, 0.05) is 0 Å². The van der Waals surface area contributed by atoms with Crippen LogP contribution in [0.15, 0.2) is 0 Å². The van der Waals surface area contributed by atoms with Crippen LogP contribution in [0.2, 0.25) is 0 Å². The fourth-order valence-electron chi connectivity index (χ4n) is 2.83. The summed E-state index contributed by atoms with van der Waals surface area (Å²) in [6, 6.07) is 0. The van der Waals surface area contributed by atoms with Crippen LogP contribution in [0.1, 0.15) is 103 Å². The zero-order chi connectivity index (χ0) is 17.4. The first-order valence-corrected chi connectivity index (χ1v) is 10.5. The van der Waals surface area contributed by atoms with E-state index in [4.69, 9.17) is 4.74 Å².